The van der Waals surface area contributed by atoms with Crippen molar-refractivity contribution in [3.05, 3.63) is 128 Å². The van der Waals surface area contributed by atoms with Crippen molar-refractivity contribution in [3.8, 4) is 5.75 Å². The van der Waals surface area contributed by atoms with Crippen molar-refractivity contribution in [1.29, 1.82) is 0 Å². The first-order chi connectivity index (χ1) is 16.2. The van der Waals surface area contributed by atoms with Crippen LogP contribution in [0.3, 0.4) is 0 Å². The number of ether oxygens (including phenoxy) is 2. The van der Waals surface area contributed by atoms with E-state index in [9.17, 15) is 4.79 Å². The first kappa shape index (κ1) is 22.4. The molecule has 0 heterocycles. The summed E-state index contributed by atoms with van der Waals surface area (Å²) < 4.78 is 10.8. The molecule has 0 bridgehead atoms. The third-order valence-corrected chi connectivity index (χ3v) is 9.15. The zero-order chi connectivity index (χ0) is 22.9. The number of hydrogen-bond acceptors (Lipinski definition) is 3. The van der Waals surface area contributed by atoms with Gasteiger partial charge in [-0.3, -0.25) is 0 Å². The summed E-state index contributed by atoms with van der Waals surface area (Å²) in [6.45, 7) is 3.86. The molecule has 0 fully saturated rings. The van der Waals surface area contributed by atoms with Gasteiger partial charge in [-0.2, -0.15) is 0 Å². The number of carbonyl (C=O) groups is 1. The van der Waals surface area contributed by atoms with E-state index in [4.69, 9.17) is 9.47 Å². The van der Waals surface area contributed by atoms with Gasteiger partial charge in [0, 0.05) is 25.7 Å². The number of esters is 1. The topological polar surface area (TPSA) is 35.5 Å². The van der Waals surface area contributed by atoms with Crippen molar-refractivity contribution in [3.63, 3.8) is 0 Å². The molecule has 4 aromatic carbocycles. The maximum atomic E-state index is 11.2. The summed E-state index contributed by atoms with van der Waals surface area (Å²) >= 11 is 0. The van der Waals surface area contributed by atoms with Gasteiger partial charge in [0.1, 0.15) is 19.0 Å². The van der Waals surface area contributed by atoms with Crippen LogP contribution in [0.1, 0.15) is 0 Å². The standard InChI is InChI=1S/C29H26O3S/c1-2-29(30)32-23-22-31-24-18-20-28(21-19-24)33(25-12-6-3-7-13-25,26-14-8-4-9-15-26)27-16-10-5-11-17-27/h2-21H,1,22-23H2. The van der Waals surface area contributed by atoms with E-state index in [1.807, 2.05) is 12.1 Å². The van der Waals surface area contributed by atoms with Crippen LogP contribution >= 0.6 is 10.0 Å². The normalized spacial score (nSPS) is 11.4. The Bertz CT molecular complexity index is 1080. The van der Waals surface area contributed by atoms with Crippen molar-refractivity contribution in [2.75, 3.05) is 13.2 Å². The minimum atomic E-state index is -1.70. The lowest BCUT2D eigenvalue weighted by molar-refractivity contribution is -0.138. The lowest BCUT2D eigenvalue weighted by atomic mass is 10.3. The molecule has 0 unspecified atom stereocenters. The highest BCUT2D eigenvalue weighted by Gasteiger charge is 2.32. The van der Waals surface area contributed by atoms with Gasteiger partial charge in [0.15, 0.2) is 0 Å². The van der Waals surface area contributed by atoms with E-state index >= 15 is 0 Å². The monoisotopic (exact) mass is 454 g/mol. The third kappa shape index (κ3) is 4.86. The van der Waals surface area contributed by atoms with Crippen LogP contribution in [-0.2, 0) is 9.53 Å². The van der Waals surface area contributed by atoms with Gasteiger partial charge in [-0.25, -0.2) is 4.79 Å². The maximum absolute atomic E-state index is 11.2. The van der Waals surface area contributed by atoms with E-state index in [1.54, 1.807) is 0 Å². The molecule has 0 N–H and O–H groups in total. The number of benzene rings is 4. The molecule has 0 amide bonds. The molecule has 33 heavy (non-hydrogen) atoms. The quantitative estimate of drug-likeness (QED) is 0.153. The van der Waals surface area contributed by atoms with E-state index < -0.39 is 16.0 Å². The molecular formula is C29H26O3S. The third-order valence-electron chi connectivity index (χ3n) is 5.23. The van der Waals surface area contributed by atoms with Crippen LogP contribution in [-0.4, -0.2) is 19.2 Å². The molecule has 0 radical (unpaired) electrons. The highest BCUT2D eigenvalue weighted by atomic mass is 32.3. The molecule has 3 nitrogen and oxygen atoms in total. The molecule has 4 aromatic rings. The number of rotatable bonds is 9. The maximum Gasteiger partial charge on any atom is 0.330 e. The van der Waals surface area contributed by atoms with Gasteiger partial charge >= 0.3 is 5.97 Å². The Balaban J connectivity index is 1.76. The molecule has 4 rings (SSSR count). The molecule has 166 valence electrons. The van der Waals surface area contributed by atoms with Crippen LogP contribution in [0.25, 0.3) is 0 Å². The van der Waals surface area contributed by atoms with E-state index in [2.05, 4.69) is 110 Å². The fraction of sp³-hybridized carbons (Fsp3) is 0.0690. The lowest BCUT2D eigenvalue weighted by Gasteiger charge is -2.42. The molecule has 0 aliphatic carbocycles. The number of hydrogen-bond donors (Lipinski definition) is 0. The van der Waals surface area contributed by atoms with E-state index in [1.165, 1.54) is 19.6 Å². The molecular weight excluding hydrogens is 428 g/mol. The molecule has 0 spiro atoms. The lowest BCUT2D eigenvalue weighted by Crippen LogP contribution is -2.10. The predicted molar refractivity (Wildman–Crippen MR) is 133 cm³/mol. The second-order valence-corrected chi connectivity index (χ2v) is 10.4. The molecule has 4 heteroatoms. The van der Waals surface area contributed by atoms with Crippen molar-refractivity contribution < 1.29 is 14.3 Å². The van der Waals surface area contributed by atoms with Crippen molar-refractivity contribution in [2.24, 2.45) is 0 Å². The second-order valence-electron chi connectivity index (χ2n) is 7.24. The van der Waals surface area contributed by atoms with Gasteiger partial charge in [-0.05, 0) is 60.7 Å². The zero-order valence-electron chi connectivity index (χ0n) is 18.3. The summed E-state index contributed by atoms with van der Waals surface area (Å²) in [5.74, 6) is 0.284. The SMILES string of the molecule is C=CC(=O)OCCOc1ccc(S(c2ccccc2)(c2ccccc2)c2ccccc2)cc1. The number of carbonyl (C=O) groups excluding carboxylic acids is 1. The first-order valence-electron chi connectivity index (χ1n) is 10.8. The second kappa shape index (κ2) is 10.7. The van der Waals surface area contributed by atoms with Crippen LogP contribution in [0, 0.1) is 0 Å². The zero-order valence-corrected chi connectivity index (χ0v) is 19.1. The van der Waals surface area contributed by atoms with Gasteiger partial charge in [-0.1, -0.05) is 61.2 Å². The summed E-state index contributed by atoms with van der Waals surface area (Å²) in [6, 6.07) is 40.3. The van der Waals surface area contributed by atoms with Crippen molar-refractivity contribution in [2.45, 2.75) is 19.6 Å². The molecule has 0 saturated heterocycles. The van der Waals surface area contributed by atoms with Crippen LogP contribution in [0.5, 0.6) is 5.75 Å². The summed E-state index contributed by atoms with van der Waals surface area (Å²) in [5.41, 5.74) is 0. The highest BCUT2D eigenvalue weighted by Crippen LogP contribution is 2.73. The smallest absolute Gasteiger partial charge is 0.330 e. The predicted octanol–water partition coefficient (Wildman–Crippen LogP) is 7.14. The Morgan fingerprint density at radius 2 is 1.06 bits per heavy atom. The fourth-order valence-electron chi connectivity index (χ4n) is 3.79. The molecule has 0 atom stereocenters. The first-order valence-corrected chi connectivity index (χ1v) is 12.4. The largest absolute Gasteiger partial charge is 0.490 e. The Morgan fingerprint density at radius 1 is 0.636 bits per heavy atom. The fourth-order valence-corrected chi connectivity index (χ4v) is 7.66. The van der Waals surface area contributed by atoms with Crippen LogP contribution < -0.4 is 4.74 Å². The Labute approximate surface area is 196 Å². The van der Waals surface area contributed by atoms with Crippen LogP contribution in [0.2, 0.25) is 0 Å². The highest BCUT2D eigenvalue weighted by molar-refractivity contribution is 8.34. The molecule has 0 aliphatic heterocycles. The van der Waals surface area contributed by atoms with Gasteiger partial charge < -0.3 is 9.47 Å². The average molecular weight is 455 g/mol. The minimum absolute atomic E-state index is 0.180. The Kier molecular flexibility index (Phi) is 7.28. The summed E-state index contributed by atoms with van der Waals surface area (Å²) in [7, 11) is -1.70. The van der Waals surface area contributed by atoms with Gasteiger partial charge in [0.05, 0.1) is 0 Å². The summed E-state index contributed by atoms with van der Waals surface area (Å²) in [6.07, 6.45) is 1.15. The van der Waals surface area contributed by atoms with Crippen LogP contribution in [0.4, 0.5) is 0 Å². The molecule has 0 aromatic heterocycles. The Morgan fingerprint density at radius 3 is 1.48 bits per heavy atom. The molecule has 0 saturated carbocycles. The van der Waals surface area contributed by atoms with Gasteiger partial charge in [0.25, 0.3) is 0 Å². The van der Waals surface area contributed by atoms with E-state index in [-0.39, 0.29) is 13.2 Å². The van der Waals surface area contributed by atoms with Crippen LogP contribution in [0.15, 0.2) is 147 Å². The van der Waals surface area contributed by atoms with E-state index in [0.717, 1.165) is 11.8 Å². The summed E-state index contributed by atoms with van der Waals surface area (Å²) in [5, 5.41) is 0. The Hall–Kier alpha value is -3.76. The van der Waals surface area contributed by atoms with Crippen molar-refractivity contribution >= 4 is 16.0 Å². The van der Waals surface area contributed by atoms with Gasteiger partial charge in [0.2, 0.25) is 0 Å². The van der Waals surface area contributed by atoms with Gasteiger partial charge in [-0.15, -0.1) is 10.0 Å². The van der Waals surface area contributed by atoms with Crippen molar-refractivity contribution in [1.82, 2.24) is 0 Å². The van der Waals surface area contributed by atoms with E-state index in [0.29, 0.717) is 0 Å². The minimum Gasteiger partial charge on any atom is -0.490 e. The summed E-state index contributed by atoms with van der Waals surface area (Å²) in [4.78, 5) is 16.2. The molecule has 0 aliphatic rings. The average Bonchev–Trinajstić information content (AvgIpc) is 2.89.